The van der Waals surface area contributed by atoms with Crippen molar-refractivity contribution in [2.75, 3.05) is 25.8 Å². The standard InChI is InChI=1S/C21H20N2O2/c1-4-23-18-7-5-6-16-19(25-3)13-12-17(20(16)18)21(22-23)14-8-10-15(24-2)11-9-14/h5-13H,4H2,1-3H3. The van der Waals surface area contributed by atoms with E-state index in [4.69, 9.17) is 14.6 Å². The summed E-state index contributed by atoms with van der Waals surface area (Å²) in [6.07, 6.45) is 0. The number of benzene rings is 3. The molecular formula is C21H20N2O2. The molecule has 3 aromatic carbocycles. The summed E-state index contributed by atoms with van der Waals surface area (Å²) in [6.45, 7) is 2.91. The fourth-order valence-corrected chi connectivity index (χ4v) is 3.38. The van der Waals surface area contributed by atoms with Crippen LogP contribution in [0.1, 0.15) is 18.1 Å². The zero-order chi connectivity index (χ0) is 17.4. The zero-order valence-corrected chi connectivity index (χ0v) is 14.6. The Bertz CT molecular complexity index is 962. The highest BCUT2D eigenvalue weighted by Crippen LogP contribution is 2.39. The van der Waals surface area contributed by atoms with Gasteiger partial charge < -0.3 is 9.47 Å². The Morgan fingerprint density at radius 1 is 0.920 bits per heavy atom. The van der Waals surface area contributed by atoms with Crippen LogP contribution in [0.2, 0.25) is 0 Å². The summed E-state index contributed by atoms with van der Waals surface area (Å²) in [4.78, 5) is 0. The second-order valence-electron chi connectivity index (χ2n) is 5.91. The molecule has 0 unspecified atom stereocenters. The zero-order valence-electron chi connectivity index (χ0n) is 14.6. The molecule has 0 bridgehead atoms. The minimum atomic E-state index is 0.801. The summed E-state index contributed by atoms with van der Waals surface area (Å²) in [5.41, 5.74) is 4.28. The molecule has 0 saturated carbocycles. The highest BCUT2D eigenvalue weighted by Gasteiger charge is 2.23. The minimum absolute atomic E-state index is 0.801. The number of methoxy groups -OCH3 is 2. The van der Waals surface area contributed by atoms with Crippen LogP contribution in [-0.2, 0) is 0 Å². The van der Waals surface area contributed by atoms with E-state index in [9.17, 15) is 0 Å². The van der Waals surface area contributed by atoms with Crippen LogP contribution in [0.4, 0.5) is 5.69 Å². The SMILES string of the molecule is CCN1N=C(c2ccc(OC)cc2)c2ccc(OC)c3cccc1c23. The van der Waals surface area contributed by atoms with Gasteiger partial charge in [0.2, 0.25) is 0 Å². The summed E-state index contributed by atoms with van der Waals surface area (Å²) < 4.78 is 10.8. The molecule has 1 aliphatic rings. The predicted octanol–water partition coefficient (Wildman–Crippen LogP) is 4.45. The molecule has 1 aliphatic heterocycles. The normalized spacial score (nSPS) is 12.9. The Morgan fingerprint density at radius 3 is 2.40 bits per heavy atom. The van der Waals surface area contributed by atoms with Crippen molar-refractivity contribution < 1.29 is 9.47 Å². The Balaban J connectivity index is 1.97. The Morgan fingerprint density at radius 2 is 1.72 bits per heavy atom. The quantitative estimate of drug-likeness (QED) is 0.708. The van der Waals surface area contributed by atoms with Crippen molar-refractivity contribution in [1.29, 1.82) is 0 Å². The van der Waals surface area contributed by atoms with Crippen LogP contribution >= 0.6 is 0 Å². The molecule has 4 heteroatoms. The minimum Gasteiger partial charge on any atom is -0.497 e. The first-order chi connectivity index (χ1) is 12.3. The van der Waals surface area contributed by atoms with Crippen molar-refractivity contribution >= 4 is 22.2 Å². The number of hydrogen-bond donors (Lipinski definition) is 0. The Hall–Kier alpha value is -3.01. The molecule has 0 fully saturated rings. The van der Waals surface area contributed by atoms with Crippen molar-refractivity contribution in [3.8, 4) is 11.5 Å². The lowest BCUT2D eigenvalue weighted by Gasteiger charge is -2.28. The van der Waals surface area contributed by atoms with E-state index in [2.05, 4.69) is 43.3 Å². The summed E-state index contributed by atoms with van der Waals surface area (Å²) in [5, 5.41) is 9.26. The van der Waals surface area contributed by atoms with E-state index in [1.165, 1.54) is 5.39 Å². The smallest absolute Gasteiger partial charge is 0.126 e. The number of anilines is 1. The largest absolute Gasteiger partial charge is 0.497 e. The van der Waals surface area contributed by atoms with Gasteiger partial charge in [0, 0.05) is 28.4 Å². The van der Waals surface area contributed by atoms with E-state index in [1.54, 1.807) is 14.2 Å². The van der Waals surface area contributed by atoms with Crippen LogP contribution < -0.4 is 14.5 Å². The van der Waals surface area contributed by atoms with Gasteiger partial charge >= 0.3 is 0 Å². The maximum atomic E-state index is 5.57. The molecular weight excluding hydrogens is 312 g/mol. The molecule has 0 amide bonds. The van der Waals surface area contributed by atoms with E-state index >= 15 is 0 Å². The molecule has 4 rings (SSSR count). The fraction of sp³-hybridized carbons (Fsp3) is 0.190. The molecule has 4 nitrogen and oxygen atoms in total. The van der Waals surface area contributed by atoms with Crippen molar-refractivity contribution in [3.63, 3.8) is 0 Å². The molecule has 0 spiro atoms. The summed E-state index contributed by atoms with van der Waals surface area (Å²) >= 11 is 0. The highest BCUT2D eigenvalue weighted by molar-refractivity contribution is 6.24. The lowest BCUT2D eigenvalue weighted by Crippen LogP contribution is -2.24. The van der Waals surface area contributed by atoms with Crippen LogP contribution in [0, 0.1) is 0 Å². The highest BCUT2D eigenvalue weighted by atomic mass is 16.5. The van der Waals surface area contributed by atoms with Crippen LogP contribution in [0.25, 0.3) is 10.8 Å². The second kappa shape index (κ2) is 6.13. The van der Waals surface area contributed by atoms with Crippen molar-refractivity contribution in [2.24, 2.45) is 5.10 Å². The fourth-order valence-electron chi connectivity index (χ4n) is 3.38. The van der Waals surface area contributed by atoms with Gasteiger partial charge in [0.05, 0.1) is 25.6 Å². The Labute approximate surface area is 147 Å². The van der Waals surface area contributed by atoms with Gasteiger partial charge in [-0.05, 0) is 49.4 Å². The van der Waals surface area contributed by atoms with Crippen molar-refractivity contribution in [3.05, 3.63) is 65.7 Å². The van der Waals surface area contributed by atoms with Gasteiger partial charge in [-0.1, -0.05) is 12.1 Å². The molecule has 0 radical (unpaired) electrons. The molecule has 0 aromatic heterocycles. The first-order valence-electron chi connectivity index (χ1n) is 8.37. The maximum absolute atomic E-state index is 5.57. The monoisotopic (exact) mass is 332 g/mol. The molecule has 0 atom stereocenters. The average molecular weight is 332 g/mol. The molecule has 0 aliphatic carbocycles. The third-order valence-corrected chi connectivity index (χ3v) is 4.62. The van der Waals surface area contributed by atoms with Gasteiger partial charge in [-0.3, -0.25) is 5.01 Å². The molecule has 126 valence electrons. The first kappa shape index (κ1) is 15.5. The van der Waals surface area contributed by atoms with E-state index < -0.39 is 0 Å². The lowest BCUT2D eigenvalue weighted by molar-refractivity contribution is 0.415. The molecule has 3 aromatic rings. The molecule has 25 heavy (non-hydrogen) atoms. The third-order valence-electron chi connectivity index (χ3n) is 4.62. The van der Waals surface area contributed by atoms with Crippen LogP contribution in [0.15, 0.2) is 59.7 Å². The predicted molar refractivity (Wildman–Crippen MR) is 102 cm³/mol. The lowest BCUT2D eigenvalue weighted by atomic mass is 9.93. The van der Waals surface area contributed by atoms with Gasteiger partial charge in [0.1, 0.15) is 11.5 Å². The Kier molecular flexibility index (Phi) is 3.80. The second-order valence-corrected chi connectivity index (χ2v) is 5.91. The number of hydrogen-bond acceptors (Lipinski definition) is 4. The maximum Gasteiger partial charge on any atom is 0.126 e. The van der Waals surface area contributed by atoms with Gasteiger partial charge in [0.25, 0.3) is 0 Å². The number of ether oxygens (including phenoxy) is 2. The number of hydrazone groups is 1. The summed E-state index contributed by atoms with van der Waals surface area (Å²) in [6, 6.07) is 18.4. The van der Waals surface area contributed by atoms with Gasteiger partial charge in [-0.25, -0.2) is 0 Å². The number of nitrogens with zero attached hydrogens (tertiary/aromatic N) is 2. The van der Waals surface area contributed by atoms with Crippen LogP contribution in [-0.4, -0.2) is 26.5 Å². The van der Waals surface area contributed by atoms with Gasteiger partial charge in [-0.2, -0.15) is 5.10 Å². The van der Waals surface area contributed by atoms with E-state index in [0.717, 1.165) is 46.0 Å². The van der Waals surface area contributed by atoms with Crippen molar-refractivity contribution in [1.82, 2.24) is 0 Å². The average Bonchev–Trinajstić information content (AvgIpc) is 2.68. The summed E-state index contributed by atoms with van der Waals surface area (Å²) in [5.74, 6) is 1.72. The topological polar surface area (TPSA) is 34.1 Å². The summed E-state index contributed by atoms with van der Waals surface area (Å²) in [7, 11) is 3.39. The van der Waals surface area contributed by atoms with Crippen LogP contribution in [0.5, 0.6) is 11.5 Å². The van der Waals surface area contributed by atoms with E-state index in [1.807, 2.05) is 23.2 Å². The number of rotatable bonds is 4. The van der Waals surface area contributed by atoms with Gasteiger partial charge in [0.15, 0.2) is 0 Å². The van der Waals surface area contributed by atoms with Crippen LogP contribution in [0.3, 0.4) is 0 Å². The van der Waals surface area contributed by atoms with E-state index in [0.29, 0.717) is 0 Å². The molecule has 1 heterocycles. The first-order valence-corrected chi connectivity index (χ1v) is 8.37. The molecule has 0 saturated heterocycles. The van der Waals surface area contributed by atoms with Gasteiger partial charge in [-0.15, -0.1) is 0 Å². The van der Waals surface area contributed by atoms with Crippen molar-refractivity contribution in [2.45, 2.75) is 6.92 Å². The molecule has 0 N–H and O–H groups in total. The van der Waals surface area contributed by atoms with E-state index in [-0.39, 0.29) is 0 Å². The third kappa shape index (κ3) is 2.41.